The van der Waals surface area contributed by atoms with Crippen molar-refractivity contribution in [1.29, 1.82) is 0 Å². The van der Waals surface area contributed by atoms with Crippen LogP contribution in [0.15, 0.2) is 59.9 Å². The molecule has 28 heavy (non-hydrogen) atoms. The fourth-order valence-electron chi connectivity index (χ4n) is 2.70. The fraction of sp³-hybridized carbons (Fsp3) is 0.300. The highest BCUT2D eigenvalue weighted by Crippen LogP contribution is 2.22. The molecule has 1 aromatic carbocycles. The van der Waals surface area contributed by atoms with Crippen LogP contribution in [0.5, 0.6) is 5.75 Å². The SMILES string of the molecule is CCCOc1ccc(S(=O)(=O)NCCn2ccc(-c3ccncc3)n2)cc1C. The van der Waals surface area contributed by atoms with Crippen molar-refractivity contribution in [2.45, 2.75) is 31.7 Å². The Morgan fingerprint density at radius 3 is 2.64 bits per heavy atom. The van der Waals surface area contributed by atoms with Crippen LogP contribution in [-0.2, 0) is 16.6 Å². The van der Waals surface area contributed by atoms with Crippen molar-refractivity contribution in [3.05, 3.63) is 60.6 Å². The quantitative estimate of drug-likeness (QED) is 0.597. The number of nitrogens with one attached hydrogen (secondary N) is 1. The van der Waals surface area contributed by atoms with E-state index in [0.29, 0.717) is 18.9 Å². The van der Waals surface area contributed by atoms with Gasteiger partial charge in [-0.15, -0.1) is 0 Å². The number of aryl methyl sites for hydroxylation is 1. The van der Waals surface area contributed by atoms with Crippen molar-refractivity contribution in [2.24, 2.45) is 0 Å². The summed E-state index contributed by atoms with van der Waals surface area (Å²) < 4.78 is 35.0. The number of aromatic nitrogens is 3. The molecule has 7 nitrogen and oxygen atoms in total. The third kappa shape index (κ3) is 4.96. The molecule has 0 aliphatic rings. The molecule has 1 N–H and O–H groups in total. The molecule has 0 unspecified atom stereocenters. The minimum atomic E-state index is -3.59. The van der Waals surface area contributed by atoms with E-state index in [1.54, 1.807) is 35.3 Å². The predicted molar refractivity (Wildman–Crippen MR) is 108 cm³/mol. The van der Waals surface area contributed by atoms with Crippen LogP contribution < -0.4 is 9.46 Å². The summed E-state index contributed by atoms with van der Waals surface area (Å²) in [5, 5.41) is 4.46. The molecule has 0 atom stereocenters. The summed E-state index contributed by atoms with van der Waals surface area (Å²) in [6.45, 7) is 5.15. The number of benzene rings is 1. The molecule has 0 amide bonds. The van der Waals surface area contributed by atoms with Gasteiger partial charge in [-0.25, -0.2) is 13.1 Å². The number of sulfonamides is 1. The lowest BCUT2D eigenvalue weighted by Crippen LogP contribution is -2.27. The lowest BCUT2D eigenvalue weighted by molar-refractivity contribution is 0.315. The molecule has 0 aliphatic carbocycles. The van der Waals surface area contributed by atoms with Crippen LogP contribution in [-0.4, -0.2) is 36.3 Å². The van der Waals surface area contributed by atoms with Crippen LogP contribution >= 0.6 is 0 Å². The largest absolute Gasteiger partial charge is 0.493 e. The Kier molecular flexibility index (Phi) is 6.43. The third-order valence-electron chi connectivity index (χ3n) is 4.17. The smallest absolute Gasteiger partial charge is 0.240 e. The highest BCUT2D eigenvalue weighted by atomic mass is 32.2. The van der Waals surface area contributed by atoms with Crippen molar-refractivity contribution in [1.82, 2.24) is 19.5 Å². The maximum absolute atomic E-state index is 12.5. The number of ether oxygens (including phenoxy) is 1. The first-order valence-electron chi connectivity index (χ1n) is 9.16. The minimum absolute atomic E-state index is 0.229. The summed E-state index contributed by atoms with van der Waals surface area (Å²) >= 11 is 0. The zero-order valence-corrected chi connectivity index (χ0v) is 16.8. The lowest BCUT2D eigenvalue weighted by atomic mass is 10.2. The summed E-state index contributed by atoms with van der Waals surface area (Å²) in [5.74, 6) is 0.709. The van der Waals surface area contributed by atoms with Crippen LogP contribution in [0.25, 0.3) is 11.3 Å². The highest BCUT2D eigenvalue weighted by molar-refractivity contribution is 7.89. The molecule has 0 radical (unpaired) electrons. The second-order valence-electron chi connectivity index (χ2n) is 6.37. The summed E-state index contributed by atoms with van der Waals surface area (Å²) in [7, 11) is -3.59. The molecule has 2 aromatic heterocycles. The molecule has 0 fully saturated rings. The molecule has 0 saturated carbocycles. The Labute approximate surface area is 165 Å². The van der Waals surface area contributed by atoms with Gasteiger partial charge < -0.3 is 4.74 Å². The zero-order chi connectivity index (χ0) is 20.0. The Balaban J connectivity index is 1.60. The summed E-state index contributed by atoms with van der Waals surface area (Å²) in [4.78, 5) is 4.22. The van der Waals surface area contributed by atoms with Crippen LogP contribution in [0.1, 0.15) is 18.9 Å². The molecule has 148 valence electrons. The average Bonchev–Trinajstić information content (AvgIpc) is 3.16. The predicted octanol–water partition coefficient (Wildman–Crippen LogP) is 3.02. The van der Waals surface area contributed by atoms with Gasteiger partial charge in [0.15, 0.2) is 0 Å². The topological polar surface area (TPSA) is 86.1 Å². The maximum atomic E-state index is 12.5. The molecule has 8 heteroatoms. The second-order valence-corrected chi connectivity index (χ2v) is 8.14. The van der Waals surface area contributed by atoms with E-state index in [2.05, 4.69) is 14.8 Å². The fourth-order valence-corrected chi connectivity index (χ4v) is 3.81. The normalized spacial score (nSPS) is 11.5. The van der Waals surface area contributed by atoms with Crippen molar-refractivity contribution < 1.29 is 13.2 Å². The van der Waals surface area contributed by atoms with Gasteiger partial charge in [-0.1, -0.05) is 6.92 Å². The van der Waals surface area contributed by atoms with E-state index >= 15 is 0 Å². The van der Waals surface area contributed by atoms with Gasteiger partial charge in [-0.05, 0) is 55.3 Å². The van der Waals surface area contributed by atoms with Crippen LogP contribution in [0.3, 0.4) is 0 Å². The summed E-state index contributed by atoms with van der Waals surface area (Å²) in [6, 6.07) is 10.5. The molecule has 2 heterocycles. The zero-order valence-electron chi connectivity index (χ0n) is 16.0. The van der Waals surface area contributed by atoms with Crippen molar-refractivity contribution >= 4 is 10.0 Å². The summed E-state index contributed by atoms with van der Waals surface area (Å²) in [6.07, 6.45) is 6.15. The number of hydrogen-bond acceptors (Lipinski definition) is 5. The van der Waals surface area contributed by atoms with Crippen molar-refractivity contribution in [2.75, 3.05) is 13.2 Å². The highest BCUT2D eigenvalue weighted by Gasteiger charge is 2.15. The number of rotatable bonds is 9. The van der Waals surface area contributed by atoms with E-state index in [1.165, 1.54) is 0 Å². The van der Waals surface area contributed by atoms with E-state index in [1.807, 2.05) is 38.2 Å². The monoisotopic (exact) mass is 400 g/mol. The van der Waals surface area contributed by atoms with Crippen LogP contribution in [0, 0.1) is 6.92 Å². The third-order valence-corrected chi connectivity index (χ3v) is 5.63. The molecular weight excluding hydrogens is 376 g/mol. The Hall–Kier alpha value is -2.71. The van der Waals surface area contributed by atoms with Crippen molar-refractivity contribution in [3.8, 4) is 17.0 Å². The van der Waals surface area contributed by atoms with Crippen molar-refractivity contribution in [3.63, 3.8) is 0 Å². The van der Waals surface area contributed by atoms with Gasteiger partial charge in [0.25, 0.3) is 0 Å². The van der Waals surface area contributed by atoms with Gasteiger partial charge in [0.1, 0.15) is 5.75 Å². The molecule has 0 bridgehead atoms. The molecule has 3 rings (SSSR count). The number of hydrogen-bond donors (Lipinski definition) is 1. The molecule has 3 aromatic rings. The van der Waals surface area contributed by atoms with Gasteiger partial charge in [-0.2, -0.15) is 5.10 Å². The van der Waals surface area contributed by atoms with Gasteiger partial charge in [0.2, 0.25) is 10.0 Å². The number of pyridine rings is 1. The van der Waals surface area contributed by atoms with E-state index in [-0.39, 0.29) is 11.4 Å². The van der Waals surface area contributed by atoms with E-state index < -0.39 is 10.0 Å². The van der Waals surface area contributed by atoms with Crippen LogP contribution in [0.2, 0.25) is 0 Å². The van der Waals surface area contributed by atoms with E-state index in [4.69, 9.17) is 4.74 Å². The second kappa shape index (κ2) is 8.99. The van der Waals surface area contributed by atoms with Gasteiger partial charge in [-0.3, -0.25) is 9.67 Å². The molecule has 0 saturated heterocycles. The van der Waals surface area contributed by atoms with Crippen LogP contribution in [0.4, 0.5) is 0 Å². The first-order valence-corrected chi connectivity index (χ1v) is 10.6. The maximum Gasteiger partial charge on any atom is 0.240 e. The standard InChI is InChI=1S/C20H24N4O3S/c1-3-14-27-20-5-4-18(15-16(20)2)28(25,26)22-11-13-24-12-8-19(23-24)17-6-9-21-10-7-17/h4-10,12,15,22H,3,11,13-14H2,1-2H3. The molecule has 0 spiro atoms. The van der Waals surface area contributed by atoms with E-state index in [9.17, 15) is 8.42 Å². The molecule has 0 aliphatic heterocycles. The summed E-state index contributed by atoms with van der Waals surface area (Å²) in [5.41, 5.74) is 2.59. The Morgan fingerprint density at radius 1 is 1.14 bits per heavy atom. The molecular formula is C20H24N4O3S. The number of nitrogens with zero attached hydrogens (tertiary/aromatic N) is 3. The first-order chi connectivity index (χ1) is 13.5. The average molecular weight is 401 g/mol. The van der Waals surface area contributed by atoms with Gasteiger partial charge in [0.05, 0.1) is 23.7 Å². The Morgan fingerprint density at radius 2 is 1.93 bits per heavy atom. The first kappa shape index (κ1) is 20.0. The Bertz CT molecular complexity index is 1020. The lowest BCUT2D eigenvalue weighted by Gasteiger charge is -2.11. The van der Waals surface area contributed by atoms with E-state index in [0.717, 1.165) is 23.2 Å². The van der Waals surface area contributed by atoms with Gasteiger partial charge in [0, 0.05) is 30.7 Å². The minimum Gasteiger partial charge on any atom is -0.493 e. The van der Waals surface area contributed by atoms with Gasteiger partial charge >= 0.3 is 0 Å².